The normalized spacial score (nSPS) is 24.7. The van der Waals surface area contributed by atoms with Crippen LogP contribution in [0.4, 0.5) is 0 Å². The summed E-state index contributed by atoms with van der Waals surface area (Å²) >= 11 is 1.95. The minimum atomic E-state index is 0.770. The summed E-state index contributed by atoms with van der Waals surface area (Å²) in [5, 5.41) is 3.73. The lowest BCUT2D eigenvalue weighted by Crippen LogP contribution is -2.30. The Kier molecular flexibility index (Phi) is 6.09. The van der Waals surface area contributed by atoms with Gasteiger partial charge in [-0.1, -0.05) is 38.0 Å². The molecule has 2 heteroatoms. The quantitative estimate of drug-likeness (QED) is 0.482. The lowest BCUT2D eigenvalue weighted by molar-refractivity contribution is 0.459. The van der Waals surface area contributed by atoms with E-state index < -0.39 is 0 Å². The SMILES string of the molecule is CC1CCCC(NCCSc2ccccc2)CC1. The zero-order chi connectivity index (χ0) is 12.6. The second-order valence-corrected chi connectivity index (χ2v) is 6.59. The van der Waals surface area contributed by atoms with E-state index in [-0.39, 0.29) is 0 Å². The Morgan fingerprint density at radius 2 is 1.94 bits per heavy atom. The van der Waals surface area contributed by atoms with Gasteiger partial charge in [-0.2, -0.15) is 0 Å². The van der Waals surface area contributed by atoms with Gasteiger partial charge in [-0.25, -0.2) is 0 Å². The molecule has 1 fully saturated rings. The fraction of sp³-hybridized carbons (Fsp3) is 0.625. The van der Waals surface area contributed by atoms with Crippen LogP contribution in [0.25, 0.3) is 0 Å². The number of rotatable bonds is 5. The van der Waals surface area contributed by atoms with Gasteiger partial charge in [-0.15, -0.1) is 11.8 Å². The highest BCUT2D eigenvalue weighted by atomic mass is 32.2. The molecule has 0 saturated heterocycles. The van der Waals surface area contributed by atoms with Gasteiger partial charge < -0.3 is 5.32 Å². The highest BCUT2D eigenvalue weighted by Crippen LogP contribution is 2.22. The summed E-state index contributed by atoms with van der Waals surface area (Å²) in [7, 11) is 0. The van der Waals surface area contributed by atoms with Gasteiger partial charge in [-0.3, -0.25) is 0 Å². The van der Waals surface area contributed by atoms with Crippen molar-refractivity contribution < 1.29 is 0 Å². The van der Waals surface area contributed by atoms with Gasteiger partial charge in [-0.05, 0) is 37.3 Å². The van der Waals surface area contributed by atoms with Crippen molar-refractivity contribution in [3.05, 3.63) is 30.3 Å². The maximum Gasteiger partial charge on any atom is 0.0106 e. The van der Waals surface area contributed by atoms with Crippen molar-refractivity contribution in [1.82, 2.24) is 5.32 Å². The highest BCUT2D eigenvalue weighted by Gasteiger charge is 2.15. The summed E-state index contributed by atoms with van der Waals surface area (Å²) in [4.78, 5) is 1.38. The first-order chi connectivity index (χ1) is 8.84. The monoisotopic (exact) mass is 263 g/mol. The van der Waals surface area contributed by atoms with Crippen LogP contribution in [0.5, 0.6) is 0 Å². The maximum absolute atomic E-state index is 3.73. The summed E-state index contributed by atoms with van der Waals surface area (Å²) in [5.41, 5.74) is 0. The molecule has 0 amide bonds. The third-order valence-corrected chi connectivity index (χ3v) is 4.82. The molecule has 2 unspecified atom stereocenters. The molecule has 0 aliphatic heterocycles. The molecule has 1 N–H and O–H groups in total. The molecule has 1 aliphatic rings. The van der Waals surface area contributed by atoms with Crippen LogP contribution >= 0.6 is 11.8 Å². The third-order valence-electron chi connectivity index (χ3n) is 3.80. The molecule has 0 aromatic heterocycles. The molecule has 0 spiro atoms. The first kappa shape index (κ1) is 14.0. The van der Waals surface area contributed by atoms with Gasteiger partial charge in [0.15, 0.2) is 0 Å². The van der Waals surface area contributed by atoms with Gasteiger partial charge in [0.1, 0.15) is 0 Å². The number of benzene rings is 1. The van der Waals surface area contributed by atoms with E-state index in [9.17, 15) is 0 Å². The second kappa shape index (κ2) is 7.85. The van der Waals surface area contributed by atoms with Crippen molar-refractivity contribution in [1.29, 1.82) is 0 Å². The predicted molar refractivity (Wildman–Crippen MR) is 81.2 cm³/mol. The molecule has 1 aliphatic carbocycles. The van der Waals surface area contributed by atoms with Crippen LogP contribution in [-0.4, -0.2) is 18.3 Å². The Labute approximate surface area is 116 Å². The first-order valence-electron chi connectivity index (χ1n) is 7.26. The first-order valence-corrected chi connectivity index (χ1v) is 8.24. The average Bonchev–Trinajstić information content (AvgIpc) is 2.61. The summed E-state index contributed by atoms with van der Waals surface area (Å²) in [6, 6.07) is 11.5. The highest BCUT2D eigenvalue weighted by molar-refractivity contribution is 7.99. The molecule has 1 saturated carbocycles. The molecule has 100 valence electrons. The number of thioether (sulfide) groups is 1. The van der Waals surface area contributed by atoms with Crippen molar-refractivity contribution >= 4 is 11.8 Å². The van der Waals surface area contributed by atoms with E-state index in [0.717, 1.165) is 18.5 Å². The zero-order valence-corrected chi connectivity index (χ0v) is 12.2. The minimum Gasteiger partial charge on any atom is -0.313 e. The minimum absolute atomic E-state index is 0.770. The van der Waals surface area contributed by atoms with Gasteiger partial charge in [0.05, 0.1) is 0 Å². The van der Waals surface area contributed by atoms with Crippen LogP contribution in [0.15, 0.2) is 35.2 Å². The van der Waals surface area contributed by atoms with Crippen molar-refractivity contribution in [2.24, 2.45) is 5.92 Å². The smallest absolute Gasteiger partial charge is 0.0106 e. The second-order valence-electron chi connectivity index (χ2n) is 5.43. The number of nitrogens with one attached hydrogen (secondary N) is 1. The van der Waals surface area contributed by atoms with Gasteiger partial charge in [0.25, 0.3) is 0 Å². The van der Waals surface area contributed by atoms with Crippen LogP contribution < -0.4 is 5.32 Å². The molecule has 1 nitrogen and oxygen atoms in total. The van der Waals surface area contributed by atoms with Crippen LogP contribution in [-0.2, 0) is 0 Å². The Morgan fingerprint density at radius 3 is 2.78 bits per heavy atom. The summed E-state index contributed by atoms with van der Waals surface area (Å²) in [6.45, 7) is 3.53. The molecule has 0 bridgehead atoms. The molecule has 1 aromatic rings. The maximum atomic E-state index is 3.73. The molecule has 2 rings (SSSR count). The van der Waals surface area contributed by atoms with E-state index in [2.05, 4.69) is 42.6 Å². The van der Waals surface area contributed by atoms with Crippen molar-refractivity contribution in [3.63, 3.8) is 0 Å². The average molecular weight is 263 g/mol. The Balaban J connectivity index is 1.60. The van der Waals surface area contributed by atoms with Crippen LogP contribution in [0, 0.1) is 5.92 Å². The van der Waals surface area contributed by atoms with Crippen molar-refractivity contribution in [2.75, 3.05) is 12.3 Å². The van der Waals surface area contributed by atoms with E-state index in [1.807, 2.05) is 11.8 Å². The fourth-order valence-electron chi connectivity index (χ4n) is 2.64. The predicted octanol–water partition coefficient (Wildman–Crippen LogP) is 4.34. The third kappa shape index (κ3) is 5.03. The van der Waals surface area contributed by atoms with Gasteiger partial charge in [0.2, 0.25) is 0 Å². The molecular formula is C16H25NS. The van der Waals surface area contributed by atoms with Gasteiger partial charge in [0, 0.05) is 23.2 Å². The summed E-state index contributed by atoms with van der Waals surface area (Å²) in [5.74, 6) is 2.12. The Hall–Kier alpha value is -0.470. The number of hydrogen-bond donors (Lipinski definition) is 1. The van der Waals surface area contributed by atoms with E-state index in [0.29, 0.717) is 0 Å². The molecule has 0 radical (unpaired) electrons. The van der Waals surface area contributed by atoms with E-state index in [1.54, 1.807) is 0 Å². The van der Waals surface area contributed by atoms with E-state index >= 15 is 0 Å². The molecule has 18 heavy (non-hydrogen) atoms. The molecule has 1 aromatic carbocycles. The largest absolute Gasteiger partial charge is 0.313 e. The van der Waals surface area contributed by atoms with Crippen LogP contribution in [0.1, 0.15) is 39.0 Å². The Bertz CT molecular complexity index is 325. The van der Waals surface area contributed by atoms with Crippen LogP contribution in [0.3, 0.4) is 0 Å². The fourth-order valence-corrected chi connectivity index (χ4v) is 3.45. The standard InChI is InChI=1S/C16H25NS/c1-14-6-5-7-15(11-10-14)17-12-13-18-16-8-3-2-4-9-16/h2-4,8-9,14-15,17H,5-7,10-13H2,1H3. The summed E-state index contributed by atoms with van der Waals surface area (Å²) < 4.78 is 0. The van der Waals surface area contributed by atoms with E-state index in [1.165, 1.54) is 42.8 Å². The lowest BCUT2D eigenvalue weighted by Gasteiger charge is -2.16. The van der Waals surface area contributed by atoms with E-state index in [4.69, 9.17) is 0 Å². The van der Waals surface area contributed by atoms with Crippen molar-refractivity contribution in [3.8, 4) is 0 Å². The molecule has 0 heterocycles. The van der Waals surface area contributed by atoms with Crippen molar-refractivity contribution in [2.45, 2.75) is 50.0 Å². The topological polar surface area (TPSA) is 12.0 Å². The van der Waals surface area contributed by atoms with Crippen LogP contribution in [0.2, 0.25) is 0 Å². The Morgan fingerprint density at radius 1 is 1.11 bits per heavy atom. The lowest BCUT2D eigenvalue weighted by atomic mass is 10.0. The van der Waals surface area contributed by atoms with Gasteiger partial charge >= 0.3 is 0 Å². The number of hydrogen-bond acceptors (Lipinski definition) is 2. The molecule has 2 atom stereocenters. The zero-order valence-electron chi connectivity index (χ0n) is 11.4. The summed E-state index contributed by atoms with van der Waals surface area (Å²) in [6.07, 6.45) is 6.99. The molecular weight excluding hydrogens is 238 g/mol.